The van der Waals surface area contributed by atoms with Gasteiger partial charge in [-0.05, 0) is 26.2 Å². The molecule has 1 aromatic rings. The molecule has 1 aliphatic heterocycles. The fourth-order valence-electron chi connectivity index (χ4n) is 2.70. The highest BCUT2D eigenvalue weighted by molar-refractivity contribution is 7.13. The molecule has 0 amide bonds. The van der Waals surface area contributed by atoms with Crippen molar-refractivity contribution in [3.8, 4) is 0 Å². The van der Waals surface area contributed by atoms with E-state index in [0.29, 0.717) is 12.1 Å². The summed E-state index contributed by atoms with van der Waals surface area (Å²) >= 11 is 1.78. The fraction of sp³-hybridized carbons (Fsp3) is 0.786. The van der Waals surface area contributed by atoms with E-state index in [9.17, 15) is 0 Å². The number of hydrogen-bond acceptors (Lipinski definition) is 5. The van der Waals surface area contributed by atoms with Crippen LogP contribution in [0, 0.1) is 0 Å². The second-order valence-electron chi connectivity index (χ2n) is 5.19. The van der Waals surface area contributed by atoms with Crippen molar-refractivity contribution in [1.82, 2.24) is 10.3 Å². The van der Waals surface area contributed by atoms with E-state index in [1.165, 1.54) is 24.4 Å². The second-order valence-corrected chi connectivity index (χ2v) is 6.02. The average molecular weight is 283 g/mol. The molecule has 4 nitrogen and oxygen atoms in total. The van der Waals surface area contributed by atoms with Crippen LogP contribution in [0.25, 0.3) is 0 Å². The summed E-state index contributed by atoms with van der Waals surface area (Å²) in [6, 6.07) is 1.31. The lowest BCUT2D eigenvalue weighted by atomic mass is 10.2. The van der Waals surface area contributed by atoms with E-state index < -0.39 is 0 Å². The van der Waals surface area contributed by atoms with E-state index in [-0.39, 0.29) is 0 Å². The first-order valence-electron chi connectivity index (χ1n) is 7.18. The molecular formula is C14H25N3OS. The Labute approximate surface area is 120 Å². The third-order valence-corrected chi connectivity index (χ3v) is 4.71. The third kappa shape index (κ3) is 3.68. The molecule has 1 aromatic heterocycles. The van der Waals surface area contributed by atoms with Crippen LogP contribution in [0.3, 0.4) is 0 Å². The van der Waals surface area contributed by atoms with Crippen LogP contribution in [0.15, 0.2) is 5.38 Å². The lowest BCUT2D eigenvalue weighted by Crippen LogP contribution is -2.34. The summed E-state index contributed by atoms with van der Waals surface area (Å²) in [5.41, 5.74) is 1.14. The lowest BCUT2D eigenvalue weighted by Gasteiger charge is -2.27. The predicted molar refractivity (Wildman–Crippen MR) is 81.0 cm³/mol. The van der Waals surface area contributed by atoms with Crippen molar-refractivity contribution in [2.75, 3.05) is 25.2 Å². The number of thiazole rings is 1. The van der Waals surface area contributed by atoms with Crippen molar-refractivity contribution in [3.05, 3.63) is 11.1 Å². The Balaban J connectivity index is 1.92. The van der Waals surface area contributed by atoms with Crippen molar-refractivity contribution >= 4 is 16.5 Å². The molecule has 5 heteroatoms. The third-order valence-electron chi connectivity index (χ3n) is 3.81. The molecule has 0 spiro atoms. The molecular weight excluding hydrogens is 258 g/mol. The van der Waals surface area contributed by atoms with Gasteiger partial charge in [-0.3, -0.25) is 0 Å². The Morgan fingerprint density at radius 1 is 1.53 bits per heavy atom. The molecule has 2 atom stereocenters. The van der Waals surface area contributed by atoms with Gasteiger partial charge >= 0.3 is 0 Å². The minimum absolute atomic E-state index is 0.630. The van der Waals surface area contributed by atoms with Gasteiger partial charge in [0, 0.05) is 37.7 Å². The van der Waals surface area contributed by atoms with Crippen LogP contribution in [0.1, 0.15) is 38.8 Å². The van der Waals surface area contributed by atoms with E-state index in [1.54, 1.807) is 18.4 Å². The highest BCUT2D eigenvalue weighted by atomic mass is 32.1. The number of ether oxygens (including phenoxy) is 1. The maximum Gasteiger partial charge on any atom is 0.186 e. The Kier molecular flexibility index (Phi) is 5.60. The standard InChI is InChI=1S/C14H25N3OS/c1-4-13-6-5-11(2)17(13)14-16-12(10-19-14)9-15-7-8-18-3/h10-11,13,15H,4-9H2,1-3H3. The second kappa shape index (κ2) is 7.22. The molecule has 1 fully saturated rings. The summed E-state index contributed by atoms with van der Waals surface area (Å²) < 4.78 is 5.02. The van der Waals surface area contributed by atoms with E-state index in [1.807, 2.05) is 0 Å². The van der Waals surface area contributed by atoms with Crippen molar-refractivity contribution in [2.24, 2.45) is 0 Å². The van der Waals surface area contributed by atoms with E-state index in [4.69, 9.17) is 9.72 Å². The molecule has 0 radical (unpaired) electrons. The molecule has 19 heavy (non-hydrogen) atoms. The summed E-state index contributed by atoms with van der Waals surface area (Å²) in [5, 5.41) is 6.71. The maximum absolute atomic E-state index is 5.02. The van der Waals surface area contributed by atoms with Gasteiger partial charge in [0.05, 0.1) is 12.3 Å². The Morgan fingerprint density at radius 3 is 3.11 bits per heavy atom. The molecule has 0 aromatic carbocycles. The van der Waals surface area contributed by atoms with Crippen LogP contribution in [0.2, 0.25) is 0 Å². The molecule has 1 aliphatic rings. The Morgan fingerprint density at radius 2 is 2.37 bits per heavy atom. The monoisotopic (exact) mass is 283 g/mol. The summed E-state index contributed by atoms with van der Waals surface area (Å²) in [4.78, 5) is 7.30. The van der Waals surface area contributed by atoms with E-state index in [2.05, 4.69) is 29.4 Å². The molecule has 1 saturated heterocycles. The summed E-state index contributed by atoms with van der Waals surface area (Å²) in [7, 11) is 1.72. The molecule has 0 bridgehead atoms. The quantitative estimate of drug-likeness (QED) is 0.781. The zero-order valence-corrected chi connectivity index (χ0v) is 13.0. The number of rotatable bonds is 7. The highest BCUT2D eigenvalue weighted by Gasteiger charge is 2.31. The van der Waals surface area contributed by atoms with Crippen molar-refractivity contribution in [3.63, 3.8) is 0 Å². The zero-order chi connectivity index (χ0) is 13.7. The van der Waals surface area contributed by atoms with Gasteiger partial charge in [0.2, 0.25) is 0 Å². The van der Waals surface area contributed by atoms with Gasteiger partial charge in [0.15, 0.2) is 5.13 Å². The largest absolute Gasteiger partial charge is 0.383 e. The Bertz CT molecular complexity index is 383. The normalized spacial score (nSPS) is 23.2. The molecule has 0 saturated carbocycles. The van der Waals surface area contributed by atoms with Crippen LogP contribution in [0.5, 0.6) is 0 Å². The summed E-state index contributed by atoms with van der Waals surface area (Å²) in [6.45, 7) is 7.04. The van der Waals surface area contributed by atoms with E-state index >= 15 is 0 Å². The highest BCUT2D eigenvalue weighted by Crippen LogP contribution is 2.33. The molecule has 1 N–H and O–H groups in total. The predicted octanol–water partition coefficient (Wildman–Crippen LogP) is 2.65. The number of nitrogens with zero attached hydrogens (tertiary/aromatic N) is 2. The van der Waals surface area contributed by atoms with Gasteiger partial charge in [-0.1, -0.05) is 6.92 Å². The van der Waals surface area contributed by atoms with Gasteiger partial charge in [-0.15, -0.1) is 11.3 Å². The first kappa shape index (κ1) is 14.8. The van der Waals surface area contributed by atoms with Crippen molar-refractivity contribution in [2.45, 2.75) is 51.7 Å². The number of anilines is 1. The number of hydrogen-bond donors (Lipinski definition) is 1. The van der Waals surface area contributed by atoms with Gasteiger partial charge in [0.25, 0.3) is 0 Å². The molecule has 108 valence electrons. The fourth-order valence-corrected chi connectivity index (χ4v) is 3.70. The van der Waals surface area contributed by atoms with Crippen LogP contribution < -0.4 is 10.2 Å². The minimum atomic E-state index is 0.630. The lowest BCUT2D eigenvalue weighted by molar-refractivity contribution is 0.199. The zero-order valence-electron chi connectivity index (χ0n) is 12.2. The van der Waals surface area contributed by atoms with Crippen molar-refractivity contribution < 1.29 is 4.74 Å². The van der Waals surface area contributed by atoms with E-state index in [0.717, 1.165) is 25.4 Å². The number of nitrogens with one attached hydrogen (secondary N) is 1. The smallest absolute Gasteiger partial charge is 0.186 e. The average Bonchev–Trinajstić information content (AvgIpc) is 3.01. The first-order valence-corrected chi connectivity index (χ1v) is 8.06. The minimum Gasteiger partial charge on any atom is -0.383 e. The van der Waals surface area contributed by atoms with Gasteiger partial charge in [-0.2, -0.15) is 0 Å². The molecule has 2 rings (SSSR count). The summed E-state index contributed by atoms with van der Waals surface area (Å²) in [6.07, 6.45) is 3.81. The van der Waals surface area contributed by atoms with Gasteiger partial charge in [0.1, 0.15) is 0 Å². The molecule has 2 heterocycles. The van der Waals surface area contributed by atoms with Gasteiger partial charge < -0.3 is 15.0 Å². The van der Waals surface area contributed by atoms with Gasteiger partial charge in [-0.25, -0.2) is 4.98 Å². The summed E-state index contributed by atoms with van der Waals surface area (Å²) in [5.74, 6) is 0. The first-order chi connectivity index (χ1) is 9.26. The molecule has 2 unspecified atom stereocenters. The number of methoxy groups -OCH3 is 1. The maximum atomic E-state index is 5.02. The molecule has 0 aliphatic carbocycles. The SMILES string of the molecule is CCC1CCC(C)N1c1nc(CNCCOC)cs1. The topological polar surface area (TPSA) is 37.4 Å². The van der Waals surface area contributed by atoms with Crippen LogP contribution in [-0.2, 0) is 11.3 Å². The number of aromatic nitrogens is 1. The van der Waals surface area contributed by atoms with Crippen LogP contribution in [0.4, 0.5) is 5.13 Å². The Hall–Kier alpha value is -0.650. The van der Waals surface area contributed by atoms with Crippen molar-refractivity contribution in [1.29, 1.82) is 0 Å². The van der Waals surface area contributed by atoms with Crippen LogP contribution >= 0.6 is 11.3 Å². The van der Waals surface area contributed by atoms with Crippen LogP contribution in [-0.4, -0.2) is 37.3 Å².